The highest BCUT2D eigenvalue weighted by atomic mass is 16.5. The third-order valence-corrected chi connectivity index (χ3v) is 5.11. The van der Waals surface area contributed by atoms with Crippen molar-refractivity contribution in [3.63, 3.8) is 0 Å². The van der Waals surface area contributed by atoms with Crippen LogP contribution in [0.15, 0.2) is 36.4 Å². The summed E-state index contributed by atoms with van der Waals surface area (Å²) in [5.74, 6) is 0.654. The van der Waals surface area contributed by atoms with Crippen LogP contribution in [-0.4, -0.2) is 12.0 Å². The van der Waals surface area contributed by atoms with Crippen molar-refractivity contribution in [3.05, 3.63) is 64.2 Å². The number of fused-ring (bicyclic) bond motifs is 1. The maximum Gasteiger partial charge on any atom is 0.261 e. The normalized spacial score (nSPS) is 15.7. The van der Waals surface area contributed by atoms with Crippen LogP contribution in [0.5, 0.6) is 5.75 Å². The number of amides is 1. The summed E-state index contributed by atoms with van der Waals surface area (Å²) in [6.45, 7) is 7.89. The molecule has 3 heteroatoms. The van der Waals surface area contributed by atoms with Gasteiger partial charge in [-0.15, -0.1) is 0 Å². The van der Waals surface area contributed by atoms with Gasteiger partial charge in [-0.2, -0.15) is 0 Å². The summed E-state index contributed by atoms with van der Waals surface area (Å²) in [7, 11) is 0. The lowest BCUT2D eigenvalue weighted by Gasteiger charge is -2.22. The van der Waals surface area contributed by atoms with Crippen molar-refractivity contribution in [3.8, 4) is 5.75 Å². The second-order valence-corrected chi connectivity index (χ2v) is 7.55. The number of carbonyl (C=O) groups is 1. The van der Waals surface area contributed by atoms with Crippen LogP contribution in [0.1, 0.15) is 60.5 Å². The number of aryl methyl sites for hydroxylation is 4. The topological polar surface area (TPSA) is 38.3 Å². The van der Waals surface area contributed by atoms with Gasteiger partial charge in [-0.3, -0.25) is 4.79 Å². The van der Waals surface area contributed by atoms with E-state index in [9.17, 15) is 4.79 Å². The van der Waals surface area contributed by atoms with Crippen molar-refractivity contribution >= 4 is 5.91 Å². The van der Waals surface area contributed by atoms with E-state index in [0.29, 0.717) is 0 Å². The van der Waals surface area contributed by atoms with Gasteiger partial charge in [-0.25, -0.2) is 0 Å². The molecule has 0 bridgehead atoms. The van der Waals surface area contributed by atoms with Crippen LogP contribution in [0.3, 0.4) is 0 Å². The first-order chi connectivity index (χ1) is 12.4. The number of rotatable bonds is 5. The Hall–Kier alpha value is -2.29. The molecule has 1 aliphatic rings. The van der Waals surface area contributed by atoms with E-state index >= 15 is 0 Å². The van der Waals surface area contributed by atoms with E-state index in [1.807, 2.05) is 32.9 Å². The summed E-state index contributed by atoms with van der Waals surface area (Å²) in [5.41, 5.74) is 6.34. The van der Waals surface area contributed by atoms with Crippen LogP contribution in [0.4, 0.5) is 0 Å². The third-order valence-electron chi connectivity index (χ3n) is 5.11. The van der Waals surface area contributed by atoms with Gasteiger partial charge in [-0.1, -0.05) is 24.3 Å². The summed E-state index contributed by atoms with van der Waals surface area (Å²) in [5, 5.41) is 3.09. The highest BCUT2D eigenvalue weighted by Crippen LogP contribution is 2.25. The van der Waals surface area contributed by atoms with Crippen LogP contribution in [-0.2, 0) is 17.6 Å². The molecule has 3 rings (SSSR count). The first-order valence-electron chi connectivity index (χ1n) is 9.59. The molecule has 0 saturated heterocycles. The lowest BCUT2D eigenvalue weighted by molar-refractivity contribution is -0.127. The second kappa shape index (κ2) is 7.94. The molecule has 2 aromatic rings. The Labute approximate surface area is 156 Å². The fourth-order valence-electron chi connectivity index (χ4n) is 3.70. The number of hydrogen-bond acceptors (Lipinski definition) is 2. The molecule has 0 fully saturated rings. The monoisotopic (exact) mass is 351 g/mol. The standard InChI is InChI=1S/C23H29NO2/c1-15-11-16(2)13-22(12-15)26-18(4)23(25)24-17(3)20-10-9-19-7-5-6-8-21(19)14-20/h9-14,17-18H,5-8H2,1-4H3,(H,24,25)/t17-,18+/m0/s1. The van der Waals surface area contributed by atoms with Gasteiger partial charge in [0.1, 0.15) is 5.75 Å². The zero-order valence-corrected chi connectivity index (χ0v) is 16.3. The zero-order chi connectivity index (χ0) is 18.7. The Morgan fingerprint density at radius 1 is 0.962 bits per heavy atom. The van der Waals surface area contributed by atoms with Crippen molar-refractivity contribution < 1.29 is 9.53 Å². The van der Waals surface area contributed by atoms with Gasteiger partial charge in [0.25, 0.3) is 5.91 Å². The van der Waals surface area contributed by atoms with Gasteiger partial charge >= 0.3 is 0 Å². The minimum atomic E-state index is -0.531. The fourth-order valence-corrected chi connectivity index (χ4v) is 3.70. The Bertz CT molecular complexity index is 777. The highest BCUT2D eigenvalue weighted by molar-refractivity contribution is 5.81. The SMILES string of the molecule is Cc1cc(C)cc(O[C@H](C)C(=O)N[C@@H](C)c2ccc3c(c2)CCCC3)c1. The molecule has 1 N–H and O–H groups in total. The predicted octanol–water partition coefficient (Wildman–Crippen LogP) is 4.83. The van der Waals surface area contributed by atoms with Crippen LogP contribution < -0.4 is 10.1 Å². The van der Waals surface area contributed by atoms with E-state index in [2.05, 4.69) is 29.6 Å². The summed E-state index contributed by atoms with van der Waals surface area (Å²) < 4.78 is 5.85. The minimum absolute atomic E-state index is 0.0278. The van der Waals surface area contributed by atoms with Crippen LogP contribution in [0, 0.1) is 13.8 Å². The minimum Gasteiger partial charge on any atom is -0.481 e. The molecule has 2 aromatic carbocycles. The molecule has 0 saturated carbocycles. The smallest absolute Gasteiger partial charge is 0.261 e. The van der Waals surface area contributed by atoms with Crippen molar-refractivity contribution in [2.45, 2.75) is 65.5 Å². The molecule has 0 heterocycles. The Morgan fingerprint density at radius 2 is 1.62 bits per heavy atom. The van der Waals surface area contributed by atoms with Gasteiger partial charge in [0.05, 0.1) is 6.04 Å². The molecular formula is C23H29NO2. The van der Waals surface area contributed by atoms with Gasteiger partial charge < -0.3 is 10.1 Å². The van der Waals surface area contributed by atoms with Gasteiger partial charge in [0.2, 0.25) is 0 Å². The highest BCUT2D eigenvalue weighted by Gasteiger charge is 2.19. The van der Waals surface area contributed by atoms with Crippen molar-refractivity contribution in [2.75, 3.05) is 0 Å². The van der Waals surface area contributed by atoms with E-state index in [1.165, 1.54) is 30.4 Å². The number of nitrogens with one attached hydrogen (secondary N) is 1. The number of hydrogen-bond donors (Lipinski definition) is 1. The lowest BCUT2D eigenvalue weighted by Crippen LogP contribution is -2.37. The second-order valence-electron chi connectivity index (χ2n) is 7.55. The van der Waals surface area contributed by atoms with E-state index in [-0.39, 0.29) is 11.9 Å². The summed E-state index contributed by atoms with van der Waals surface area (Å²) in [6, 6.07) is 12.6. The van der Waals surface area contributed by atoms with Gasteiger partial charge in [-0.05, 0) is 93.3 Å². The quantitative estimate of drug-likeness (QED) is 0.838. The molecule has 0 radical (unpaired) electrons. The van der Waals surface area contributed by atoms with Crippen molar-refractivity contribution in [2.24, 2.45) is 0 Å². The zero-order valence-electron chi connectivity index (χ0n) is 16.3. The molecular weight excluding hydrogens is 322 g/mol. The first-order valence-corrected chi connectivity index (χ1v) is 9.59. The maximum absolute atomic E-state index is 12.6. The number of carbonyl (C=O) groups excluding carboxylic acids is 1. The molecule has 0 aromatic heterocycles. The molecule has 26 heavy (non-hydrogen) atoms. The Morgan fingerprint density at radius 3 is 2.31 bits per heavy atom. The van der Waals surface area contributed by atoms with Crippen LogP contribution >= 0.6 is 0 Å². The van der Waals surface area contributed by atoms with Gasteiger partial charge in [0, 0.05) is 0 Å². The molecule has 3 nitrogen and oxygen atoms in total. The van der Waals surface area contributed by atoms with E-state index < -0.39 is 6.10 Å². The number of ether oxygens (including phenoxy) is 1. The Balaban J connectivity index is 1.63. The summed E-state index contributed by atoms with van der Waals surface area (Å²) in [6.07, 6.45) is 4.34. The molecule has 1 amide bonds. The Kier molecular flexibility index (Phi) is 5.65. The average Bonchev–Trinajstić information content (AvgIpc) is 2.60. The van der Waals surface area contributed by atoms with Crippen LogP contribution in [0.2, 0.25) is 0 Å². The predicted molar refractivity (Wildman–Crippen MR) is 106 cm³/mol. The first kappa shape index (κ1) is 18.5. The lowest BCUT2D eigenvalue weighted by atomic mass is 9.89. The average molecular weight is 351 g/mol. The fraction of sp³-hybridized carbons (Fsp3) is 0.435. The third kappa shape index (κ3) is 4.46. The molecule has 0 unspecified atom stereocenters. The summed E-state index contributed by atoms with van der Waals surface area (Å²) in [4.78, 5) is 12.6. The molecule has 0 aliphatic heterocycles. The van der Waals surface area contributed by atoms with Crippen LogP contribution in [0.25, 0.3) is 0 Å². The van der Waals surface area contributed by atoms with Gasteiger partial charge in [0.15, 0.2) is 6.10 Å². The molecule has 138 valence electrons. The van der Waals surface area contributed by atoms with E-state index in [0.717, 1.165) is 28.9 Å². The van der Waals surface area contributed by atoms with E-state index in [1.54, 1.807) is 6.92 Å². The molecule has 2 atom stereocenters. The summed E-state index contributed by atoms with van der Waals surface area (Å²) >= 11 is 0. The molecule has 1 aliphatic carbocycles. The van der Waals surface area contributed by atoms with Crippen molar-refractivity contribution in [1.82, 2.24) is 5.32 Å². The number of benzene rings is 2. The van der Waals surface area contributed by atoms with E-state index in [4.69, 9.17) is 4.74 Å². The largest absolute Gasteiger partial charge is 0.481 e. The maximum atomic E-state index is 12.6. The van der Waals surface area contributed by atoms with Crippen molar-refractivity contribution in [1.29, 1.82) is 0 Å². The molecule has 0 spiro atoms.